The summed E-state index contributed by atoms with van der Waals surface area (Å²) >= 11 is 0. The molecule has 0 aliphatic rings. The van der Waals surface area contributed by atoms with Gasteiger partial charge >= 0.3 is 0 Å². The highest BCUT2D eigenvalue weighted by Gasteiger charge is 2.15. The minimum atomic E-state index is -0.453. The highest BCUT2D eigenvalue weighted by molar-refractivity contribution is 5.85. The predicted octanol–water partition coefficient (Wildman–Crippen LogP) is 2.27. The van der Waals surface area contributed by atoms with Gasteiger partial charge < -0.3 is 10.6 Å². The van der Waals surface area contributed by atoms with Gasteiger partial charge in [-0.3, -0.25) is 14.9 Å². The van der Waals surface area contributed by atoms with E-state index in [0.29, 0.717) is 18.7 Å². The van der Waals surface area contributed by atoms with Crippen molar-refractivity contribution in [3.05, 3.63) is 52.6 Å². The average molecular weight is 314 g/mol. The second-order valence-electron chi connectivity index (χ2n) is 4.67. The normalized spacial score (nSPS) is 11.1. The molecule has 6 nitrogen and oxygen atoms in total. The lowest BCUT2D eigenvalue weighted by atomic mass is 10.1. The minimum Gasteiger partial charge on any atom is -0.335 e. The summed E-state index contributed by atoms with van der Waals surface area (Å²) < 4.78 is 0. The van der Waals surface area contributed by atoms with Gasteiger partial charge in [-0.15, -0.1) is 19.0 Å². The Kier molecular flexibility index (Phi) is 8.26. The Morgan fingerprint density at radius 3 is 2.76 bits per heavy atom. The Bertz CT molecular complexity index is 506. The summed E-state index contributed by atoms with van der Waals surface area (Å²) in [5.41, 5.74) is 6.34. The van der Waals surface area contributed by atoms with E-state index < -0.39 is 4.92 Å². The number of amides is 1. The maximum atomic E-state index is 12.0. The monoisotopic (exact) mass is 313 g/mol. The lowest BCUT2D eigenvalue weighted by Crippen LogP contribution is -2.34. The number of nitro benzene ring substituents is 1. The Balaban J connectivity index is 0.00000400. The number of nitrogens with zero attached hydrogens (tertiary/aromatic N) is 2. The number of nitrogens with two attached hydrogens (primary N) is 1. The summed E-state index contributed by atoms with van der Waals surface area (Å²) in [4.78, 5) is 23.9. The van der Waals surface area contributed by atoms with Crippen molar-refractivity contribution in [2.75, 3.05) is 6.54 Å². The third-order valence-corrected chi connectivity index (χ3v) is 2.69. The van der Waals surface area contributed by atoms with Crippen molar-refractivity contribution in [1.82, 2.24) is 4.90 Å². The molecule has 0 heterocycles. The van der Waals surface area contributed by atoms with E-state index in [1.54, 1.807) is 30.0 Å². The molecule has 0 fully saturated rings. The number of benzene rings is 1. The Labute approximate surface area is 130 Å². The molecule has 1 aromatic rings. The van der Waals surface area contributed by atoms with Crippen LogP contribution in [0.4, 0.5) is 5.69 Å². The van der Waals surface area contributed by atoms with E-state index in [1.165, 1.54) is 12.1 Å². The van der Waals surface area contributed by atoms with E-state index in [-0.39, 0.29) is 36.5 Å². The predicted molar refractivity (Wildman–Crippen MR) is 84.2 cm³/mol. The molecule has 0 saturated heterocycles. The molecular formula is C14H20ClN3O3. The van der Waals surface area contributed by atoms with Crippen molar-refractivity contribution < 1.29 is 9.72 Å². The van der Waals surface area contributed by atoms with Crippen LogP contribution in [0.3, 0.4) is 0 Å². The summed E-state index contributed by atoms with van der Waals surface area (Å²) in [6, 6.07) is 6.03. The molecule has 0 spiro atoms. The molecule has 0 aromatic heterocycles. The highest BCUT2D eigenvalue weighted by Crippen LogP contribution is 2.15. The molecular weight excluding hydrogens is 294 g/mol. The third kappa shape index (κ3) is 6.37. The van der Waals surface area contributed by atoms with Crippen molar-refractivity contribution in [2.45, 2.75) is 25.9 Å². The van der Waals surface area contributed by atoms with Crippen molar-refractivity contribution in [2.24, 2.45) is 5.73 Å². The fraction of sp³-hybridized carbons (Fsp3) is 0.357. The SMILES string of the molecule is C=CCN(Cc1cccc([N+](=O)[O-])c1)C(=O)CC(C)N.Cl. The van der Waals surface area contributed by atoms with E-state index in [4.69, 9.17) is 5.73 Å². The topological polar surface area (TPSA) is 89.5 Å². The molecule has 0 radical (unpaired) electrons. The third-order valence-electron chi connectivity index (χ3n) is 2.69. The van der Waals surface area contributed by atoms with Crippen molar-refractivity contribution in [3.8, 4) is 0 Å². The first-order valence-corrected chi connectivity index (χ1v) is 6.31. The Morgan fingerprint density at radius 1 is 1.57 bits per heavy atom. The van der Waals surface area contributed by atoms with E-state index in [9.17, 15) is 14.9 Å². The molecule has 0 aliphatic carbocycles. The van der Waals surface area contributed by atoms with Crippen LogP contribution in [0.5, 0.6) is 0 Å². The second-order valence-corrected chi connectivity index (χ2v) is 4.67. The molecule has 2 N–H and O–H groups in total. The van der Waals surface area contributed by atoms with Crippen LogP contribution in [0, 0.1) is 10.1 Å². The number of carbonyl (C=O) groups excluding carboxylic acids is 1. The maximum absolute atomic E-state index is 12.0. The standard InChI is InChI=1S/C14H19N3O3.ClH/c1-3-7-16(14(18)8-11(2)15)10-12-5-4-6-13(9-12)17(19)20;/h3-6,9,11H,1,7-8,10,15H2,2H3;1H. The first kappa shape index (κ1) is 19.1. The summed E-state index contributed by atoms with van der Waals surface area (Å²) in [5, 5.41) is 10.7. The Hall–Kier alpha value is -1.92. The fourth-order valence-electron chi connectivity index (χ4n) is 1.80. The van der Waals surface area contributed by atoms with E-state index in [1.807, 2.05) is 0 Å². The summed E-state index contributed by atoms with van der Waals surface area (Å²) in [7, 11) is 0. The highest BCUT2D eigenvalue weighted by atomic mass is 35.5. The first-order chi connectivity index (χ1) is 9.43. The van der Waals surface area contributed by atoms with Gasteiger partial charge in [0.2, 0.25) is 5.91 Å². The Morgan fingerprint density at radius 2 is 2.24 bits per heavy atom. The molecule has 1 amide bonds. The smallest absolute Gasteiger partial charge is 0.269 e. The van der Waals surface area contributed by atoms with Crippen LogP contribution in [0.15, 0.2) is 36.9 Å². The van der Waals surface area contributed by atoms with Gasteiger partial charge in [-0.2, -0.15) is 0 Å². The zero-order valence-corrected chi connectivity index (χ0v) is 12.7. The van der Waals surface area contributed by atoms with E-state index in [0.717, 1.165) is 0 Å². The zero-order chi connectivity index (χ0) is 15.1. The molecule has 1 unspecified atom stereocenters. The first-order valence-electron chi connectivity index (χ1n) is 6.31. The van der Waals surface area contributed by atoms with Crippen LogP contribution in [0.1, 0.15) is 18.9 Å². The van der Waals surface area contributed by atoms with Gasteiger partial charge in [-0.1, -0.05) is 18.2 Å². The zero-order valence-electron chi connectivity index (χ0n) is 11.9. The van der Waals surface area contributed by atoms with Gasteiger partial charge in [0.15, 0.2) is 0 Å². The molecule has 0 bridgehead atoms. The molecule has 1 atom stereocenters. The van der Waals surface area contributed by atoms with Crippen molar-refractivity contribution >= 4 is 24.0 Å². The molecule has 0 aliphatic heterocycles. The number of rotatable bonds is 7. The average Bonchev–Trinajstić information content (AvgIpc) is 2.37. The molecule has 116 valence electrons. The lowest BCUT2D eigenvalue weighted by molar-refractivity contribution is -0.384. The number of nitro groups is 1. The van der Waals surface area contributed by atoms with Crippen LogP contribution < -0.4 is 5.73 Å². The van der Waals surface area contributed by atoms with E-state index in [2.05, 4.69) is 6.58 Å². The van der Waals surface area contributed by atoms with Crippen LogP contribution in [-0.2, 0) is 11.3 Å². The number of hydrogen-bond donors (Lipinski definition) is 1. The van der Waals surface area contributed by atoms with Gasteiger partial charge in [0.25, 0.3) is 5.69 Å². The van der Waals surface area contributed by atoms with Gasteiger partial charge in [-0.05, 0) is 12.5 Å². The lowest BCUT2D eigenvalue weighted by Gasteiger charge is -2.22. The van der Waals surface area contributed by atoms with Crippen LogP contribution in [0.2, 0.25) is 0 Å². The molecule has 7 heteroatoms. The summed E-state index contributed by atoms with van der Waals surface area (Å²) in [6.07, 6.45) is 1.86. The largest absolute Gasteiger partial charge is 0.335 e. The van der Waals surface area contributed by atoms with Crippen LogP contribution in [0.25, 0.3) is 0 Å². The molecule has 0 saturated carbocycles. The summed E-state index contributed by atoms with van der Waals surface area (Å²) in [6.45, 7) is 6.07. The van der Waals surface area contributed by atoms with Crippen LogP contribution >= 0.6 is 12.4 Å². The van der Waals surface area contributed by atoms with Crippen molar-refractivity contribution in [3.63, 3.8) is 0 Å². The molecule has 1 rings (SSSR count). The quantitative estimate of drug-likeness (QED) is 0.475. The minimum absolute atomic E-state index is 0. The van der Waals surface area contributed by atoms with Gasteiger partial charge in [0, 0.05) is 37.7 Å². The van der Waals surface area contributed by atoms with Gasteiger partial charge in [0.1, 0.15) is 0 Å². The molecule has 21 heavy (non-hydrogen) atoms. The molecule has 1 aromatic carbocycles. The van der Waals surface area contributed by atoms with E-state index >= 15 is 0 Å². The van der Waals surface area contributed by atoms with Crippen molar-refractivity contribution in [1.29, 1.82) is 0 Å². The number of non-ortho nitro benzene ring substituents is 1. The van der Waals surface area contributed by atoms with Gasteiger partial charge in [0.05, 0.1) is 4.92 Å². The summed E-state index contributed by atoms with van der Waals surface area (Å²) in [5.74, 6) is -0.0913. The maximum Gasteiger partial charge on any atom is 0.269 e. The fourth-order valence-corrected chi connectivity index (χ4v) is 1.80. The number of carbonyl (C=O) groups is 1. The second kappa shape index (κ2) is 9.10. The van der Waals surface area contributed by atoms with Crippen LogP contribution in [-0.4, -0.2) is 28.3 Å². The van der Waals surface area contributed by atoms with Gasteiger partial charge in [-0.25, -0.2) is 0 Å². The number of halogens is 1. The number of hydrogen-bond acceptors (Lipinski definition) is 4.